The largest absolute Gasteiger partial charge is 0.454 e. The van der Waals surface area contributed by atoms with Crippen molar-refractivity contribution in [3.05, 3.63) is 18.2 Å². The lowest BCUT2D eigenvalue weighted by atomic mass is 10.0. The second-order valence-electron chi connectivity index (χ2n) is 7.43. The molecule has 26 heavy (non-hydrogen) atoms. The van der Waals surface area contributed by atoms with E-state index >= 15 is 0 Å². The molecule has 1 aromatic rings. The molecule has 1 amide bonds. The molecule has 0 unspecified atom stereocenters. The predicted molar refractivity (Wildman–Crippen MR) is 96.6 cm³/mol. The zero-order valence-electron chi connectivity index (χ0n) is 14.9. The van der Waals surface area contributed by atoms with E-state index in [4.69, 9.17) is 9.47 Å². The molecule has 4 rings (SSSR count). The molecule has 2 atom stereocenters. The van der Waals surface area contributed by atoms with Gasteiger partial charge >= 0.3 is 0 Å². The molecule has 1 N–H and O–H groups in total. The number of amides is 1. The number of nitrogens with one attached hydrogen (secondary N) is 1. The van der Waals surface area contributed by atoms with Crippen LogP contribution in [0, 0.1) is 11.3 Å². The maximum Gasteiger partial charge on any atom is 0.231 e. The molecule has 2 heterocycles. The van der Waals surface area contributed by atoms with Gasteiger partial charge in [0.15, 0.2) is 11.5 Å². The molecule has 1 spiro atoms. The van der Waals surface area contributed by atoms with Crippen molar-refractivity contribution in [2.75, 3.05) is 31.0 Å². The number of rotatable bonds is 6. The first-order chi connectivity index (χ1) is 12.4. The molecule has 7 nitrogen and oxygen atoms in total. The number of carbonyl (C=O) groups excluding carboxylic acids is 1. The van der Waals surface area contributed by atoms with Crippen molar-refractivity contribution in [3.8, 4) is 11.5 Å². The Labute approximate surface area is 153 Å². The van der Waals surface area contributed by atoms with Crippen LogP contribution >= 0.6 is 0 Å². The Morgan fingerprint density at radius 2 is 2.15 bits per heavy atom. The van der Waals surface area contributed by atoms with Crippen LogP contribution < -0.4 is 14.8 Å². The van der Waals surface area contributed by atoms with Crippen LogP contribution in [0.1, 0.15) is 32.6 Å². The first-order valence-corrected chi connectivity index (χ1v) is 10.7. The van der Waals surface area contributed by atoms with E-state index in [2.05, 4.69) is 5.32 Å². The van der Waals surface area contributed by atoms with Crippen LogP contribution in [-0.4, -0.2) is 44.3 Å². The number of hydrogen-bond donors (Lipinski definition) is 1. The molecule has 142 valence electrons. The summed E-state index contributed by atoms with van der Waals surface area (Å²) < 4.78 is 36.9. The van der Waals surface area contributed by atoms with Crippen molar-refractivity contribution < 1.29 is 22.7 Å². The van der Waals surface area contributed by atoms with Gasteiger partial charge in [-0.3, -0.25) is 4.79 Å². The van der Waals surface area contributed by atoms with E-state index in [0.717, 1.165) is 19.3 Å². The third-order valence-electron chi connectivity index (χ3n) is 5.65. The summed E-state index contributed by atoms with van der Waals surface area (Å²) in [7, 11) is -3.20. The maximum atomic E-state index is 12.6. The van der Waals surface area contributed by atoms with Gasteiger partial charge in [0.05, 0.1) is 5.75 Å². The first kappa shape index (κ1) is 17.6. The van der Waals surface area contributed by atoms with E-state index in [1.807, 2.05) is 6.92 Å². The van der Waals surface area contributed by atoms with E-state index in [1.54, 1.807) is 22.5 Å². The average molecular weight is 380 g/mol. The number of carbonyl (C=O) groups is 1. The summed E-state index contributed by atoms with van der Waals surface area (Å²) in [5.74, 6) is 1.33. The Bertz CT molecular complexity index is 825. The molecule has 2 aliphatic heterocycles. The van der Waals surface area contributed by atoms with Gasteiger partial charge in [-0.15, -0.1) is 0 Å². The molecule has 0 bridgehead atoms. The zero-order chi connectivity index (χ0) is 18.4. The van der Waals surface area contributed by atoms with E-state index in [0.29, 0.717) is 36.7 Å². The number of hydrogen-bond acceptors (Lipinski definition) is 5. The summed E-state index contributed by atoms with van der Waals surface area (Å²) in [6, 6.07) is 5.32. The van der Waals surface area contributed by atoms with Gasteiger partial charge < -0.3 is 14.8 Å². The van der Waals surface area contributed by atoms with Crippen molar-refractivity contribution in [2.45, 2.75) is 32.6 Å². The molecule has 2 fully saturated rings. The molecule has 3 aliphatic rings. The lowest BCUT2D eigenvalue weighted by Gasteiger charge is -2.16. The molecule has 0 radical (unpaired) electrons. The van der Waals surface area contributed by atoms with E-state index < -0.39 is 10.0 Å². The number of nitrogens with zero attached hydrogens (tertiary/aromatic N) is 1. The van der Waals surface area contributed by atoms with E-state index in [-0.39, 0.29) is 29.8 Å². The molecule has 8 heteroatoms. The van der Waals surface area contributed by atoms with Crippen LogP contribution in [0.15, 0.2) is 18.2 Å². The lowest BCUT2D eigenvalue weighted by Crippen LogP contribution is -2.32. The summed E-state index contributed by atoms with van der Waals surface area (Å²) in [6.07, 6.45) is 3.05. The molecule has 1 aliphatic carbocycles. The second kappa shape index (κ2) is 6.42. The highest BCUT2D eigenvalue weighted by molar-refractivity contribution is 7.89. The topological polar surface area (TPSA) is 84.9 Å². The number of fused-ring (bicyclic) bond motifs is 1. The maximum absolute atomic E-state index is 12.6. The van der Waals surface area contributed by atoms with Gasteiger partial charge in [0.25, 0.3) is 0 Å². The van der Waals surface area contributed by atoms with Crippen molar-refractivity contribution in [2.24, 2.45) is 11.3 Å². The fraction of sp³-hybridized carbons (Fsp3) is 0.611. The summed E-state index contributed by atoms with van der Waals surface area (Å²) >= 11 is 0. The summed E-state index contributed by atoms with van der Waals surface area (Å²) in [4.78, 5) is 12.6. The van der Waals surface area contributed by atoms with Crippen molar-refractivity contribution in [1.82, 2.24) is 4.31 Å². The number of ether oxygens (including phenoxy) is 2. The Morgan fingerprint density at radius 1 is 1.35 bits per heavy atom. The quantitative estimate of drug-likeness (QED) is 0.818. The number of anilines is 1. The minimum Gasteiger partial charge on any atom is -0.454 e. The Kier molecular flexibility index (Phi) is 4.35. The zero-order valence-corrected chi connectivity index (χ0v) is 15.7. The van der Waals surface area contributed by atoms with Crippen LogP contribution in [0.2, 0.25) is 0 Å². The van der Waals surface area contributed by atoms with E-state index in [1.165, 1.54) is 0 Å². The highest BCUT2D eigenvalue weighted by atomic mass is 32.2. The minimum atomic E-state index is -3.20. The molecule has 1 aromatic carbocycles. The Hall–Kier alpha value is -1.80. The third kappa shape index (κ3) is 3.16. The van der Waals surface area contributed by atoms with Crippen LogP contribution in [0.3, 0.4) is 0 Å². The van der Waals surface area contributed by atoms with Crippen molar-refractivity contribution in [1.29, 1.82) is 0 Å². The van der Waals surface area contributed by atoms with Gasteiger partial charge in [-0.1, -0.05) is 13.3 Å². The fourth-order valence-electron chi connectivity index (χ4n) is 3.92. The molecule has 0 aromatic heterocycles. The standard InChI is InChI=1S/C18H24N2O5S/c1-2-3-8-26(22,23)20-7-6-18(11-20)10-14(18)17(21)19-13-4-5-15-16(9-13)25-12-24-15/h4-5,9,14H,2-3,6-8,10-12H2,1H3,(H,19,21)/t14-,18+/m1/s1. The minimum absolute atomic E-state index is 0.0447. The molecular weight excluding hydrogens is 356 g/mol. The van der Waals surface area contributed by atoms with Gasteiger partial charge in [-0.25, -0.2) is 12.7 Å². The SMILES string of the molecule is CCCCS(=O)(=O)N1CC[C@]2(C[C@@H]2C(=O)Nc2ccc3c(c2)OCO3)C1. The van der Waals surface area contributed by atoms with Crippen molar-refractivity contribution >= 4 is 21.6 Å². The molecule has 1 saturated carbocycles. The van der Waals surface area contributed by atoms with Gasteiger partial charge in [0, 0.05) is 30.8 Å². The van der Waals surface area contributed by atoms with Crippen LogP contribution in [0.5, 0.6) is 11.5 Å². The normalized spacial score (nSPS) is 27.0. The van der Waals surface area contributed by atoms with Crippen LogP contribution in [-0.2, 0) is 14.8 Å². The fourth-order valence-corrected chi connectivity index (χ4v) is 5.66. The van der Waals surface area contributed by atoms with Crippen molar-refractivity contribution in [3.63, 3.8) is 0 Å². The summed E-state index contributed by atoms with van der Waals surface area (Å²) in [5, 5.41) is 2.93. The third-order valence-corrected chi connectivity index (χ3v) is 7.55. The molecular formula is C18H24N2O5S. The van der Waals surface area contributed by atoms with Gasteiger partial charge in [0.2, 0.25) is 22.7 Å². The predicted octanol–water partition coefficient (Wildman–Crippen LogP) is 2.20. The van der Waals surface area contributed by atoms with Crippen LogP contribution in [0.4, 0.5) is 5.69 Å². The number of sulfonamides is 1. The summed E-state index contributed by atoms with van der Waals surface area (Å²) in [6.45, 7) is 3.18. The summed E-state index contributed by atoms with van der Waals surface area (Å²) in [5.41, 5.74) is 0.492. The Balaban J connectivity index is 1.37. The monoisotopic (exact) mass is 380 g/mol. The second-order valence-corrected chi connectivity index (χ2v) is 9.52. The van der Waals surface area contributed by atoms with Gasteiger partial charge in [0.1, 0.15) is 0 Å². The molecule has 1 saturated heterocycles. The highest BCUT2D eigenvalue weighted by Crippen LogP contribution is 2.59. The lowest BCUT2D eigenvalue weighted by molar-refractivity contribution is -0.118. The number of benzene rings is 1. The van der Waals surface area contributed by atoms with Crippen LogP contribution in [0.25, 0.3) is 0 Å². The van der Waals surface area contributed by atoms with Gasteiger partial charge in [-0.05, 0) is 36.8 Å². The smallest absolute Gasteiger partial charge is 0.231 e. The van der Waals surface area contributed by atoms with Gasteiger partial charge in [-0.2, -0.15) is 0 Å². The average Bonchev–Trinajstić information content (AvgIpc) is 2.95. The number of unbranched alkanes of at least 4 members (excludes halogenated alkanes) is 1. The van der Waals surface area contributed by atoms with E-state index in [9.17, 15) is 13.2 Å². The Morgan fingerprint density at radius 3 is 2.96 bits per heavy atom. The first-order valence-electron chi connectivity index (χ1n) is 9.12. The highest BCUT2D eigenvalue weighted by Gasteiger charge is 2.62.